The molecule has 1 heterocycles. The summed E-state index contributed by atoms with van der Waals surface area (Å²) in [6, 6.07) is 15.5. The van der Waals surface area contributed by atoms with Crippen molar-refractivity contribution >= 4 is 22.6 Å². The summed E-state index contributed by atoms with van der Waals surface area (Å²) in [4.78, 5) is 12.3. The van der Waals surface area contributed by atoms with Crippen molar-refractivity contribution in [3.05, 3.63) is 65.4 Å². The predicted octanol–water partition coefficient (Wildman–Crippen LogP) is 3.14. The molecule has 0 fully saturated rings. The molecule has 0 radical (unpaired) electrons. The smallest absolute Gasteiger partial charge is 0.340 e. The summed E-state index contributed by atoms with van der Waals surface area (Å²) in [5.74, 6) is -0.318. The first-order chi connectivity index (χ1) is 10.6. The van der Waals surface area contributed by atoms with Gasteiger partial charge >= 0.3 is 5.97 Å². The standard InChI is InChI=1S/C18H18N2O2/c1-20-15-10-6-4-8-13(15)17(18(21)22-2)16(20)11-12-7-3-5-9-14(12)19/h3-10H,11,19H2,1-2H3. The molecule has 0 unspecified atom stereocenters. The van der Waals surface area contributed by atoms with Crippen LogP contribution in [-0.2, 0) is 18.2 Å². The number of hydrogen-bond acceptors (Lipinski definition) is 3. The van der Waals surface area contributed by atoms with E-state index < -0.39 is 0 Å². The highest BCUT2D eigenvalue weighted by molar-refractivity contribution is 6.06. The molecule has 22 heavy (non-hydrogen) atoms. The zero-order valence-corrected chi connectivity index (χ0v) is 12.7. The number of benzene rings is 2. The first-order valence-corrected chi connectivity index (χ1v) is 7.11. The first kappa shape index (κ1) is 14.2. The van der Waals surface area contributed by atoms with Crippen LogP contribution in [0.2, 0.25) is 0 Å². The number of nitrogens with two attached hydrogens (primary N) is 1. The first-order valence-electron chi connectivity index (χ1n) is 7.11. The Kier molecular flexibility index (Phi) is 3.59. The molecule has 4 heteroatoms. The lowest BCUT2D eigenvalue weighted by atomic mass is 10.0. The maximum Gasteiger partial charge on any atom is 0.340 e. The van der Waals surface area contributed by atoms with Crippen LogP contribution in [0.25, 0.3) is 10.9 Å². The lowest BCUT2D eigenvalue weighted by Gasteiger charge is -2.09. The lowest BCUT2D eigenvalue weighted by molar-refractivity contribution is 0.0601. The Morgan fingerprint density at radius 1 is 1.14 bits per heavy atom. The molecule has 1 aromatic heterocycles. The number of rotatable bonds is 3. The van der Waals surface area contributed by atoms with Crippen molar-refractivity contribution in [1.29, 1.82) is 0 Å². The Hall–Kier alpha value is -2.75. The van der Waals surface area contributed by atoms with Crippen LogP contribution >= 0.6 is 0 Å². The number of anilines is 1. The lowest BCUT2D eigenvalue weighted by Crippen LogP contribution is -2.08. The maximum absolute atomic E-state index is 12.3. The number of aromatic nitrogens is 1. The zero-order valence-electron chi connectivity index (χ0n) is 12.7. The molecule has 3 rings (SSSR count). The molecule has 2 N–H and O–H groups in total. The molecule has 0 bridgehead atoms. The van der Waals surface area contributed by atoms with Crippen molar-refractivity contribution in [2.45, 2.75) is 6.42 Å². The van der Waals surface area contributed by atoms with Gasteiger partial charge in [-0.15, -0.1) is 0 Å². The third-order valence-electron chi connectivity index (χ3n) is 4.03. The number of hydrogen-bond donors (Lipinski definition) is 1. The second-order valence-electron chi connectivity index (χ2n) is 5.27. The van der Waals surface area contributed by atoms with Gasteiger partial charge in [-0.25, -0.2) is 4.79 Å². The largest absolute Gasteiger partial charge is 0.465 e. The van der Waals surface area contributed by atoms with Crippen molar-refractivity contribution in [3.8, 4) is 0 Å². The second kappa shape index (κ2) is 5.56. The van der Waals surface area contributed by atoms with E-state index in [2.05, 4.69) is 0 Å². The molecular weight excluding hydrogens is 276 g/mol. The molecule has 3 aromatic rings. The molecular formula is C18H18N2O2. The van der Waals surface area contributed by atoms with E-state index in [-0.39, 0.29) is 5.97 Å². The monoisotopic (exact) mass is 294 g/mol. The van der Waals surface area contributed by atoms with Gasteiger partial charge in [0.05, 0.1) is 12.7 Å². The van der Waals surface area contributed by atoms with Gasteiger partial charge in [-0.1, -0.05) is 36.4 Å². The number of para-hydroxylation sites is 2. The molecule has 0 saturated heterocycles. The number of nitrogens with zero attached hydrogens (tertiary/aromatic N) is 1. The fourth-order valence-corrected chi connectivity index (χ4v) is 2.86. The van der Waals surface area contributed by atoms with E-state index >= 15 is 0 Å². The molecule has 0 aliphatic rings. The molecule has 0 spiro atoms. The summed E-state index contributed by atoms with van der Waals surface area (Å²) in [5.41, 5.74) is 10.3. The number of ether oxygens (including phenoxy) is 1. The fraction of sp³-hybridized carbons (Fsp3) is 0.167. The molecule has 0 amide bonds. The predicted molar refractivity (Wildman–Crippen MR) is 87.9 cm³/mol. The number of methoxy groups -OCH3 is 1. The maximum atomic E-state index is 12.3. The summed E-state index contributed by atoms with van der Waals surface area (Å²) in [7, 11) is 3.37. The topological polar surface area (TPSA) is 57.2 Å². The summed E-state index contributed by atoms with van der Waals surface area (Å²) >= 11 is 0. The molecule has 0 atom stereocenters. The highest BCUT2D eigenvalue weighted by Crippen LogP contribution is 2.29. The van der Waals surface area contributed by atoms with Gasteiger partial charge in [0, 0.05) is 35.8 Å². The van der Waals surface area contributed by atoms with Gasteiger partial charge in [0.25, 0.3) is 0 Å². The van der Waals surface area contributed by atoms with Crippen LogP contribution in [0.5, 0.6) is 0 Å². The molecule has 112 valence electrons. The third-order valence-corrected chi connectivity index (χ3v) is 4.03. The zero-order chi connectivity index (χ0) is 15.7. The molecule has 4 nitrogen and oxygen atoms in total. The SMILES string of the molecule is COC(=O)c1c(Cc2ccccc2N)n(C)c2ccccc12. The number of fused-ring (bicyclic) bond motifs is 1. The van der Waals surface area contributed by atoms with Gasteiger partial charge in [0.15, 0.2) is 0 Å². The molecule has 2 aromatic carbocycles. The number of aryl methyl sites for hydroxylation is 1. The van der Waals surface area contributed by atoms with E-state index in [0.717, 1.165) is 27.8 Å². The number of carbonyl (C=O) groups excluding carboxylic acids is 1. The number of carbonyl (C=O) groups is 1. The van der Waals surface area contributed by atoms with Gasteiger partial charge < -0.3 is 15.0 Å². The van der Waals surface area contributed by atoms with E-state index in [1.807, 2.05) is 60.1 Å². The van der Waals surface area contributed by atoms with Crippen molar-refractivity contribution < 1.29 is 9.53 Å². The Balaban J connectivity index is 2.22. The van der Waals surface area contributed by atoms with Crippen molar-refractivity contribution in [1.82, 2.24) is 4.57 Å². The van der Waals surface area contributed by atoms with E-state index in [1.54, 1.807) is 0 Å². The number of esters is 1. The van der Waals surface area contributed by atoms with Crippen LogP contribution in [0.1, 0.15) is 21.6 Å². The van der Waals surface area contributed by atoms with E-state index in [4.69, 9.17) is 10.5 Å². The highest BCUT2D eigenvalue weighted by Gasteiger charge is 2.21. The molecule has 0 aliphatic heterocycles. The van der Waals surface area contributed by atoms with Crippen LogP contribution in [0.4, 0.5) is 5.69 Å². The van der Waals surface area contributed by atoms with Crippen LogP contribution in [-0.4, -0.2) is 17.6 Å². The average Bonchev–Trinajstić information content (AvgIpc) is 2.82. The average molecular weight is 294 g/mol. The minimum absolute atomic E-state index is 0.318. The van der Waals surface area contributed by atoms with Gasteiger partial charge in [-0.2, -0.15) is 0 Å². The van der Waals surface area contributed by atoms with E-state index in [0.29, 0.717) is 12.0 Å². The van der Waals surface area contributed by atoms with Crippen LogP contribution in [0.3, 0.4) is 0 Å². The quantitative estimate of drug-likeness (QED) is 0.596. The normalized spacial score (nSPS) is 10.8. The highest BCUT2D eigenvalue weighted by atomic mass is 16.5. The van der Waals surface area contributed by atoms with Gasteiger partial charge in [0.2, 0.25) is 0 Å². The summed E-state index contributed by atoms with van der Waals surface area (Å²) in [5, 5.41) is 0.904. The fourth-order valence-electron chi connectivity index (χ4n) is 2.86. The van der Waals surface area contributed by atoms with Crippen LogP contribution < -0.4 is 5.73 Å². The minimum Gasteiger partial charge on any atom is -0.465 e. The van der Waals surface area contributed by atoms with Gasteiger partial charge in [-0.05, 0) is 17.7 Å². The molecule has 0 aliphatic carbocycles. The van der Waals surface area contributed by atoms with Crippen molar-refractivity contribution in [2.24, 2.45) is 7.05 Å². The third kappa shape index (κ3) is 2.22. The van der Waals surface area contributed by atoms with Crippen molar-refractivity contribution in [3.63, 3.8) is 0 Å². The summed E-state index contributed by atoms with van der Waals surface area (Å²) in [6.45, 7) is 0. The summed E-state index contributed by atoms with van der Waals surface area (Å²) in [6.07, 6.45) is 0.586. The summed E-state index contributed by atoms with van der Waals surface area (Å²) < 4.78 is 7.02. The van der Waals surface area contributed by atoms with E-state index in [1.165, 1.54) is 7.11 Å². The Labute approximate surface area is 129 Å². The number of nitrogen functional groups attached to an aromatic ring is 1. The van der Waals surface area contributed by atoms with Crippen LogP contribution in [0.15, 0.2) is 48.5 Å². The van der Waals surface area contributed by atoms with Crippen molar-refractivity contribution in [2.75, 3.05) is 12.8 Å². The Bertz CT molecular complexity index is 849. The molecule has 0 saturated carbocycles. The second-order valence-corrected chi connectivity index (χ2v) is 5.27. The van der Waals surface area contributed by atoms with Crippen LogP contribution in [0, 0.1) is 0 Å². The minimum atomic E-state index is -0.318. The van der Waals surface area contributed by atoms with Gasteiger partial charge in [0.1, 0.15) is 0 Å². The van der Waals surface area contributed by atoms with Gasteiger partial charge in [-0.3, -0.25) is 0 Å². The van der Waals surface area contributed by atoms with E-state index in [9.17, 15) is 4.79 Å². The Morgan fingerprint density at radius 3 is 2.55 bits per heavy atom. The Morgan fingerprint density at radius 2 is 1.82 bits per heavy atom.